The lowest BCUT2D eigenvalue weighted by Gasteiger charge is -2.00. The number of hydrogen-bond acceptors (Lipinski definition) is 2. The van der Waals surface area contributed by atoms with Crippen LogP contribution in [-0.2, 0) is 6.42 Å². The Labute approximate surface area is 73.6 Å². The number of halogens is 1. The van der Waals surface area contributed by atoms with E-state index >= 15 is 0 Å². The number of aromatic hydroxyl groups is 2. The minimum absolute atomic E-state index is 0.0524. The number of phenols is 2. The fourth-order valence-corrected chi connectivity index (χ4v) is 1.29. The molecule has 0 heterocycles. The number of rotatable bonds is 2. The number of alkyl halides is 1. The summed E-state index contributed by atoms with van der Waals surface area (Å²) in [6.07, 6.45) is 0.855. The first-order valence-corrected chi connectivity index (χ1v) is 4.43. The van der Waals surface area contributed by atoms with Gasteiger partial charge in [-0.3, -0.25) is 0 Å². The molecule has 0 fully saturated rings. The van der Waals surface area contributed by atoms with Gasteiger partial charge in [0.05, 0.1) is 0 Å². The third kappa shape index (κ3) is 2.12. The molecule has 0 radical (unpaired) electrons. The average molecular weight is 217 g/mol. The van der Waals surface area contributed by atoms with Gasteiger partial charge < -0.3 is 10.2 Å². The SMILES string of the molecule is Oc1ccc(CCBr)cc1O. The Morgan fingerprint density at radius 3 is 2.45 bits per heavy atom. The van der Waals surface area contributed by atoms with Crippen molar-refractivity contribution in [3.8, 4) is 11.5 Å². The second kappa shape index (κ2) is 3.62. The van der Waals surface area contributed by atoms with Gasteiger partial charge in [-0.15, -0.1) is 0 Å². The number of phenolic OH excluding ortho intramolecular Hbond substituents is 2. The Bertz CT molecular complexity index is 248. The number of hydrogen-bond donors (Lipinski definition) is 2. The van der Waals surface area contributed by atoms with Crippen molar-refractivity contribution in [1.29, 1.82) is 0 Å². The predicted octanol–water partition coefficient (Wildman–Crippen LogP) is 2.04. The van der Waals surface area contributed by atoms with E-state index in [2.05, 4.69) is 15.9 Å². The zero-order valence-corrected chi connectivity index (χ0v) is 7.50. The zero-order valence-electron chi connectivity index (χ0n) is 5.92. The van der Waals surface area contributed by atoms with E-state index in [-0.39, 0.29) is 11.5 Å². The topological polar surface area (TPSA) is 40.5 Å². The Kier molecular flexibility index (Phi) is 2.76. The minimum Gasteiger partial charge on any atom is -0.504 e. The van der Waals surface area contributed by atoms with E-state index in [1.807, 2.05) is 0 Å². The monoisotopic (exact) mass is 216 g/mol. The summed E-state index contributed by atoms with van der Waals surface area (Å²) in [5, 5.41) is 18.9. The fourth-order valence-electron chi connectivity index (χ4n) is 0.834. The van der Waals surface area contributed by atoms with Gasteiger partial charge in [-0.05, 0) is 24.1 Å². The first-order valence-electron chi connectivity index (χ1n) is 3.31. The van der Waals surface area contributed by atoms with E-state index in [1.165, 1.54) is 6.07 Å². The zero-order chi connectivity index (χ0) is 8.27. The van der Waals surface area contributed by atoms with Gasteiger partial charge in [0.15, 0.2) is 11.5 Å². The molecule has 2 nitrogen and oxygen atoms in total. The lowest BCUT2D eigenvalue weighted by atomic mass is 10.1. The summed E-state index contributed by atoms with van der Waals surface area (Å²) >= 11 is 3.29. The lowest BCUT2D eigenvalue weighted by molar-refractivity contribution is 0.403. The maximum absolute atomic E-state index is 9.06. The van der Waals surface area contributed by atoms with Gasteiger partial charge in [-0.25, -0.2) is 0 Å². The van der Waals surface area contributed by atoms with Crippen LogP contribution in [0.2, 0.25) is 0 Å². The van der Waals surface area contributed by atoms with Gasteiger partial charge in [0.1, 0.15) is 0 Å². The molecule has 1 rings (SSSR count). The molecule has 2 N–H and O–H groups in total. The average Bonchev–Trinajstić information content (AvgIpc) is 1.98. The van der Waals surface area contributed by atoms with Crippen LogP contribution >= 0.6 is 15.9 Å². The molecular weight excluding hydrogens is 208 g/mol. The molecule has 1 aromatic rings. The van der Waals surface area contributed by atoms with Crippen LogP contribution in [0.1, 0.15) is 5.56 Å². The molecule has 0 aliphatic carbocycles. The van der Waals surface area contributed by atoms with Crippen LogP contribution in [0.3, 0.4) is 0 Å². The third-order valence-corrected chi connectivity index (χ3v) is 1.82. The van der Waals surface area contributed by atoms with Crippen LogP contribution in [-0.4, -0.2) is 15.5 Å². The van der Waals surface area contributed by atoms with E-state index < -0.39 is 0 Å². The highest BCUT2D eigenvalue weighted by Crippen LogP contribution is 2.24. The minimum atomic E-state index is -0.0664. The van der Waals surface area contributed by atoms with Gasteiger partial charge in [0.25, 0.3) is 0 Å². The highest BCUT2D eigenvalue weighted by atomic mass is 79.9. The molecule has 1 aromatic carbocycles. The van der Waals surface area contributed by atoms with Crippen LogP contribution in [0.15, 0.2) is 18.2 Å². The molecule has 0 aliphatic heterocycles. The quantitative estimate of drug-likeness (QED) is 0.587. The predicted molar refractivity (Wildman–Crippen MR) is 47.3 cm³/mol. The van der Waals surface area contributed by atoms with Crippen molar-refractivity contribution in [3.63, 3.8) is 0 Å². The Hall–Kier alpha value is -0.700. The fraction of sp³-hybridized carbons (Fsp3) is 0.250. The summed E-state index contributed by atoms with van der Waals surface area (Å²) in [4.78, 5) is 0. The second-order valence-corrected chi connectivity index (χ2v) is 3.06. The van der Waals surface area contributed by atoms with E-state index in [9.17, 15) is 0 Å². The highest BCUT2D eigenvalue weighted by molar-refractivity contribution is 9.09. The van der Waals surface area contributed by atoms with Crippen LogP contribution < -0.4 is 0 Å². The van der Waals surface area contributed by atoms with Gasteiger partial charge in [-0.1, -0.05) is 22.0 Å². The van der Waals surface area contributed by atoms with Crippen molar-refractivity contribution in [1.82, 2.24) is 0 Å². The maximum atomic E-state index is 9.06. The highest BCUT2D eigenvalue weighted by Gasteiger charge is 1.98. The molecule has 0 unspecified atom stereocenters. The normalized spacial score (nSPS) is 9.91. The van der Waals surface area contributed by atoms with E-state index in [0.29, 0.717) is 0 Å². The van der Waals surface area contributed by atoms with Gasteiger partial charge >= 0.3 is 0 Å². The molecule has 0 amide bonds. The summed E-state index contributed by atoms with van der Waals surface area (Å²) in [6.45, 7) is 0. The number of aryl methyl sites for hydroxylation is 1. The van der Waals surface area contributed by atoms with E-state index in [4.69, 9.17) is 10.2 Å². The summed E-state index contributed by atoms with van der Waals surface area (Å²) in [6, 6.07) is 4.85. The first-order chi connectivity index (χ1) is 5.24. The smallest absolute Gasteiger partial charge is 0.157 e. The molecule has 0 aliphatic rings. The molecular formula is C8H9BrO2. The van der Waals surface area contributed by atoms with Crippen LogP contribution in [0.5, 0.6) is 11.5 Å². The second-order valence-electron chi connectivity index (χ2n) is 2.26. The molecule has 3 heteroatoms. The molecule has 0 spiro atoms. The Morgan fingerprint density at radius 2 is 1.91 bits per heavy atom. The van der Waals surface area contributed by atoms with Gasteiger partial charge in [-0.2, -0.15) is 0 Å². The van der Waals surface area contributed by atoms with Crippen molar-refractivity contribution in [2.24, 2.45) is 0 Å². The molecule has 0 saturated heterocycles. The number of benzene rings is 1. The van der Waals surface area contributed by atoms with Gasteiger partial charge in [0, 0.05) is 5.33 Å². The van der Waals surface area contributed by atoms with E-state index in [0.717, 1.165) is 17.3 Å². The van der Waals surface area contributed by atoms with Crippen LogP contribution in [0.25, 0.3) is 0 Å². The first kappa shape index (κ1) is 8.40. The van der Waals surface area contributed by atoms with E-state index in [1.54, 1.807) is 12.1 Å². The van der Waals surface area contributed by atoms with Crippen molar-refractivity contribution in [3.05, 3.63) is 23.8 Å². The molecule has 11 heavy (non-hydrogen) atoms. The van der Waals surface area contributed by atoms with Gasteiger partial charge in [0.2, 0.25) is 0 Å². The van der Waals surface area contributed by atoms with Crippen LogP contribution in [0, 0.1) is 0 Å². The standard InChI is InChI=1S/C8H9BrO2/c9-4-3-6-1-2-7(10)8(11)5-6/h1-2,5,10-11H,3-4H2. The molecule has 0 atom stereocenters. The summed E-state index contributed by atoms with van der Waals surface area (Å²) in [5.74, 6) is -0.119. The Balaban J connectivity index is 2.86. The largest absolute Gasteiger partial charge is 0.504 e. The molecule has 0 aromatic heterocycles. The summed E-state index contributed by atoms with van der Waals surface area (Å²) in [5.41, 5.74) is 1.01. The van der Waals surface area contributed by atoms with Crippen molar-refractivity contribution in [2.75, 3.05) is 5.33 Å². The molecule has 0 bridgehead atoms. The van der Waals surface area contributed by atoms with Crippen molar-refractivity contribution in [2.45, 2.75) is 6.42 Å². The Morgan fingerprint density at radius 1 is 1.18 bits per heavy atom. The van der Waals surface area contributed by atoms with Crippen LogP contribution in [0.4, 0.5) is 0 Å². The van der Waals surface area contributed by atoms with Crippen molar-refractivity contribution < 1.29 is 10.2 Å². The molecule has 60 valence electrons. The summed E-state index contributed by atoms with van der Waals surface area (Å²) in [7, 11) is 0. The summed E-state index contributed by atoms with van der Waals surface area (Å²) < 4.78 is 0. The molecule has 0 saturated carbocycles. The third-order valence-electron chi connectivity index (χ3n) is 1.42. The maximum Gasteiger partial charge on any atom is 0.157 e. The van der Waals surface area contributed by atoms with Crippen molar-refractivity contribution >= 4 is 15.9 Å². The lowest BCUT2D eigenvalue weighted by Crippen LogP contribution is -1.84.